The maximum Gasteiger partial charge on any atom is 0.304 e. The second-order valence-electron chi connectivity index (χ2n) is 4.21. The molecule has 0 aromatic heterocycles. The van der Waals surface area contributed by atoms with Gasteiger partial charge in [-0.05, 0) is 30.2 Å². The summed E-state index contributed by atoms with van der Waals surface area (Å²) in [5.41, 5.74) is 2.21. The Balaban J connectivity index is 2.11. The van der Waals surface area contributed by atoms with Gasteiger partial charge in [0.05, 0.1) is 4.92 Å². The van der Waals surface area contributed by atoms with Crippen LogP contribution in [0.15, 0.2) is 42.5 Å². The summed E-state index contributed by atoms with van der Waals surface area (Å²) >= 11 is 0. The first-order valence-corrected chi connectivity index (χ1v) is 5.80. The third kappa shape index (κ3) is 3.07. The molecule has 0 aliphatic rings. The molecule has 0 unspecified atom stereocenters. The summed E-state index contributed by atoms with van der Waals surface area (Å²) in [5.74, 6) is -0.811. The van der Waals surface area contributed by atoms with Crippen LogP contribution in [0.25, 0.3) is 0 Å². The SMILES string of the molecule is Cc1ccccc1NCc1ccc([N+](=O)[O-])c(F)c1. The fourth-order valence-electron chi connectivity index (χ4n) is 1.78. The topological polar surface area (TPSA) is 55.2 Å². The van der Waals surface area contributed by atoms with Gasteiger partial charge in [-0.2, -0.15) is 4.39 Å². The summed E-state index contributed by atoms with van der Waals surface area (Å²) in [7, 11) is 0. The number of benzene rings is 2. The molecule has 5 heteroatoms. The van der Waals surface area contributed by atoms with Gasteiger partial charge in [-0.1, -0.05) is 24.3 Å². The lowest BCUT2D eigenvalue weighted by Gasteiger charge is -2.09. The highest BCUT2D eigenvalue weighted by molar-refractivity contribution is 5.50. The molecular weight excluding hydrogens is 247 g/mol. The summed E-state index contributed by atoms with van der Waals surface area (Å²) in [6.07, 6.45) is 0. The van der Waals surface area contributed by atoms with Crippen molar-refractivity contribution in [1.82, 2.24) is 0 Å². The Kier molecular flexibility index (Phi) is 3.75. The number of hydrogen-bond acceptors (Lipinski definition) is 3. The molecule has 1 N–H and O–H groups in total. The number of nitrogens with one attached hydrogen (secondary N) is 1. The second kappa shape index (κ2) is 5.48. The fourth-order valence-corrected chi connectivity index (χ4v) is 1.78. The van der Waals surface area contributed by atoms with E-state index in [4.69, 9.17) is 0 Å². The van der Waals surface area contributed by atoms with E-state index in [1.165, 1.54) is 12.1 Å². The summed E-state index contributed by atoms with van der Waals surface area (Å²) in [4.78, 5) is 9.78. The van der Waals surface area contributed by atoms with E-state index in [0.717, 1.165) is 11.3 Å². The van der Waals surface area contributed by atoms with Crippen molar-refractivity contribution in [2.45, 2.75) is 13.5 Å². The van der Waals surface area contributed by atoms with Gasteiger partial charge in [0.1, 0.15) is 0 Å². The van der Waals surface area contributed by atoms with Gasteiger partial charge in [-0.25, -0.2) is 0 Å². The molecule has 4 nitrogen and oxygen atoms in total. The number of nitro benzene ring substituents is 1. The van der Waals surface area contributed by atoms with Gasteiger partial charge in [0, 0.05) is 18.3 Å². The van der Waals surface area contributed by atoms with Crippen molar-refractivity contribution in [3.05, 3.63) is 69.5 Å². The lowest BCUT2D eigenvalue weighted by atomic mass is 10.1. The van der Waals surface area contributed by atoms with Crippen molar-refractivity contribution in [1.29, 1.82) is 0 Å². The smallest absolute Gasteiger partial charge is 0.304 e. The first kappa shape index (κ1) is 13.0. The van der Waals surface area contributed by atoms with Crippen molar-refractivity contribution >= 4 is 11.4 Å². The van der Waals surface area contributed by atoms with Gasteiger partial charge in [0.2, 0.25) is 5.82 Å². The summed E-state index contributed by atoms with van der Waals surface area (Å²) < 4.78 is 13.4. The minimum absolute atomic E-state index is 0.416. The highest BCUT2D eigenvalue weighted by Crippen LogP contribution is 2.19. The Morgan fingerprint density at radius 2 is 2.00 bits per heavy atom. The summed E-state index contributed by atoms with van der Waals surface area (Å²) in [5, 5.41) is 13.7. The fraction of sp³-hybridized carbons (Fsp3) is 0.143. The first-order chi connectivity index (χ1) is 9.08. The van der Waals surface area contributed by atoms with Crippen LogP contribution in [-0.2, 0) is 6.54 Å². The maximum atomic E-state index is 13.4. The Morgan fingerprint density at radius 3 is 2.63 bits per heavy atom. The quantitative estimate of drug-likeness (QED) is 0.674. The standard InChI is InChI=1S/C14H13FN2O2/c1-10-4-2-3-5-13(10)16-9-11-6-7-14(17(18)19)12(15)8-11/h2-8,16H,9H2,1H3. The molecule has 2 rings (SSSR count). The predicted molar refractivity (Wildman–Crippen MR) is 71.6 cm³/mol. The average Bonchev–Trinajstić information content (AvgIpc) is 2.37. The zero-order chi connectivity index (χ0) is 13.8. The summed E-state index contributed by atoms with van der Waals surface area (Å²) in [6.45, 7) is 2.39. The second-order valence-corrected chi connectivity index (χ2v) is 4.21. The van der Waals surface area contributed by atoms with E-state index in [1.807, 2.05) is 31.2 Å². The molecule has 0 saturated heterocycles. The van der Waals surface area contributed by atoms with Crippen LogP contribution < -0.4 is 5.32 Å². The zero-order valence-corrected chi connectivity index (χ0v) is 10.4. The highest BCUT2D eigenvalue weighted by Gasteiger charge is 2.13. The van der Waals surface area contributed by atoms with E-state index in [-0.39, 0.29) is 0 Å². The molecule has 0 spiro atoms. The van der Waals surface area contributed by atoms with Gasteiger partial charge in [-0.15, -0.1) is 0 Å². The van der Waals surface area contributed by atoms with Gasteiger partial charge in [-0.3, -0.25) is 10.1 Å². The molecule has 0 atom stereocenters. The van der Waals surface area contributed by atoms with Crippen LogP contribution in [0.3, 0.4) is 0 Å². The van der Waals surface area contributed by atoms with Crippen LogP contribution in [0.2, 0.25) is 0 Å². The minimum Gasteiger partial charge on any atom is -0.381 e. The molecule has 0 amide bonds. The molecule has 19 heavy (non-hydrogen) atoms. The number of nitrogens with zero attached hydrogens (tertiary/aromatic N) is 1. The van der Waals surface area contributed by atoms with Crippen LogP contribution in [0.4, 0.5) is 15.8 Å². The van der Waals surface area contributed by atoms with E-state index < -0.39 is 16.4 Å². The molecule has 98 valence electrons. The van der Waals surface area contributed by atoms with E-state index in [2.05, 4.69) is 5.32 Å². The molecular formula is C14H13FN2O2. The van der Waals surface area contributed by atoms with Crippen molar-refractivity contribution in [2.24, 2.45) is 0 Å². The Labute approximate surface area is 110 Å². The van der Waals surface area contributed by atoms with Crippen LogP contribution in [0.5, 0.6) is 0 Å². The van der Waals surface area contributed by atoms with E-state index in [9.17, 15) is 14.5 Å². The molecule has 0 heterocycles. The van der Waals surface area contributed by atoms with Crippen LogP contribution in [0, 0.1) is 22.9 Å². The van der Waals surface area contributed by atoms with Gasteiger partial charge in [0.25, 0.3) is 0 Å². The average molecular weight is 260 g/mol. The van der Waals surface area contributed by atoms with Crippen molar-refractivity contribution in [2.75, 3.05) is 5.32 Å². The molecule has 0 fully saturated rings. The molecule has 0 aliphatic heterocycles. The lowest BCUT2D eigenvalue weighted by molar-refractivity contribution is -0.387. The lowest BCUT2D eigenvalue weighted by Crippen LogP contribution is -2.02. The van der Waals surface area contributed by atoms with Crippen LogP contribution in [0.1, 0.15) is 11.1 Å². The highest BCUT2D eigenvalue weighted by atomic mass is 19.1. The largest absolute Gasteiger partial charge is 0.381 e. The Morgan fingerprint density at radius 1 is 1.26 bits per heavy atom. The van der Waals surface area contributed by atoms with Crippen molar-refractivity contribution in [3.63, 3.8) is 0 Å². The molecule has 0 radical (unpaired) electrons. The number of rotatable bonds is 4. The van der Waals surface area contributed by atoms with Gasteiger partial charge >= 0.3 is 5.69 Å². The van der Waals surface area contributed by atoms with Crippen LogP contribution >= 0.6 is 0 Å². The number of para-hydroxylation sites is 1. The monoisotopic (exact) mass is 260 g/mol. The molecule has 0 aliphatic carbocycles. The normalized spacial score (nSPS) is 10.2. The third-order valence-electron chi connectivity index (χ3n) is 2.84. The van der Waals surface area contributed by atoms with E-state index in [1.54, 1.807) is 6.07 Å². The molecule has 2 aromatic rings. The van der Waals surface area contributed by atoms with Crippen molar-refractivity contribution < 1.29 is 9.31 Å². The van der Waals surface area contributed by atoms with Crippen LogP contribution in [-0.4, -0.2) is 4.92 Å². The van der Waals surface area contributed by atoms with E-state index >= 15 is 0 Å². The molecule has 0 bridgehead atoms. The van der Waals surface area contributed by atoms with Gasteiger partial charge in [0.15, 0.2) is 0 Å². The Hall–Kier alpha value is -2.43. The molecule has 2 aromatic carbocycles. The Bertz CT molecular complexity index is 614. The number of halogens is 1. The van der Waals surface area contributed by atoms with Crippen molar-refractivity contribution in [3.8, 4) is 0 Å². The number of nitro groups is 1. The summed E-state index contributed by atoms with van der Waals surface area (Å²) in [6, 6.07) is 11.7. The predicted octanol–water partition coefficient (Wildman–Crippen LogP) is 3.65. The first-order valence-electron chi connectivity index (χ1n) is 5.80. The maximum absolute atomic E-state index is 13.4. The number of anilines is 1. The van der Waals surface area contributed by atoms with E-state index in [0.29, 0.717) is 12.1 Å². The van der Waals surface area contributed by atoms with Gasteiger partial charge < -0.3 is 5.32 Å². The zero-order valence-electron chi connectivity index (χ0n) is 10.4. The number of hydrogen-bond donors (Lipinski definition) is 1. The molecule has 0 saturated carbocycles. The third-order valence-corrected chi connectivity index (χ3v) is 2.84. The minimum atomic E-state index is -0.811. The number of aryl methyl sites for hydroxylation is 1.